The molecule has 0 fully saturated rings. The number of aromatic nitrogens is 1. The van der Waals surface area contributed by atoms with Crippen LogP contribution in [0, 0.1) is 0 Å². The molecule has 3 rings (SSSR count). The van der Waals surface area contributed by atoms with E-state index in [1.54, 1.807) is 32.0 Å². The SMILES string of the molecule is CCOP(=O)(O)C(CC)NC(=O)COc1ccc(Nc2ccc3ccccc3n2)cc1OC. The van der Waals surface area contributed by atoms with Gasteiger partial charge in [-0.25, -0.2) is 4.98 Å². The highest BCUT2D eigenvalue weighted by atomic mass is 31.2. The van der Waals surface area contributed by atoms with Gasteiger partial charge in [-0.05, 0) is 43.7 Å². The Balaban J connectivity index is 1.64. The fraction of sp³-hybridized carbons (Fsp3) is 0.304. The molecule has 10 heteroatoms. The fourth-order valence-electron chi connectivity index (χ4n) is 3.21. The molecule has 2 unspecified atom stereocenters. The van der Waals surface area contributed by atoms with Crippen molar-refractivity contribution in [2.24, 2.45) is 0 Å². The molecule has 2 aromatic carbocycles. The monoisotopic (exact) mass is 473 g/mol. The van der Waals surface area contributed by atoms with Crippen molar-refractivity contribution in [3.63, 3.8) is 0 Å². The van der Waals surface area contributed by atoms with Crippen LogP contribution in [0.1, 0.15) is 20.3 Å². The number of nitrogens with one attached hydrogen (secondary N) is 2. The van der Waals surface area contributed by atoms with E-state index < -0.39 is 19.3 Å². The van der Waals surface area contributed by atoms with E-state index in [1.165, 1.54) is 7.11 Å². The van der Waals surface area contributed by atoms with E-state index in [0.29, 0.717) is 17.3 Å². The van der Waals surface area contributed by atoms with Gasteiger partial charge in [0.2, 0.25) is 0 Å². The Bertz CT molecular complexity index is 1160. The maximum atomic E-state index is 12.3. The number of rotatable bonds is 11. The fourth-order valence-corrected chi connectivity index (χ4v) is 4.53. The van der Waals surface area contributed by atoms with Gasteiger partial charge in [0.25, 0.3) is 5.91 Å². The van der Waals surface area contributed by atoms with Gasteiger partial charge in [0.05, 0.1) is 19.2 Å². The number of anilines is 2. The van der Waals surface area contributed by atoms with Gasteiger partial charge in [0, 0.05) is 17.1 Å². The number of carbonyl (C=O) groups is 1. The van der Waals surface area contributed by atoms with Crippen molar-refractivity contribution in [2.45, 2.75) is 26.1 Å². The number of benzene rings is 2. The quantitative estimate of drug-likeness (QED) is 0.350. The average molecular weight is 473 g/mol. The zero-order valence-electron chi connectivity index (χ0n) is 18.8. The third kappa shape index (κ3) is 6.44. The second-order valence-corrected chi connectivity index (χ2v) is 9.15. The summed E-state index contributed by atoms with van der Waals surface area (Å²) in [5.41, 5.74) is 1.61. The number of fused-ring (bicyclic) bond motifs is 1. The first-order chi connectivity index (χ1) is 15.9. The second-order valence-electron chi connectivity index (χ2n) is 7.14. The Morgan fingerprint density at radius 1 is 1.12 bits per heavy atom. The first-order valence-corrected chi connectivity index (χ1v) is 12.2. The lowest BCUT2D eigenvalue weighted by Gasteiger charge is -2.22. The number of nitrogens with zero attached hydrogens (tertiary/aromatic N) is 1. The van der Waals surface area contributed by atoms with Crippen LogP contribution in [0.2, 0.25) is 0 Å². The number of amides is 1. The van der Waals surface area contributed by atoms with Crippen LogP contribution >= 0.6 is 7.60 Å². The second kappa shape index (κ2) is 11.1. The van der Waals surface area contributed by atoms with Crippen molar-refractivity contribution in [1.82, 2.24) is 10.3 Å². The third-order valence-corrected chi connectivity index (χ3v) is 6.73. The van der Waals surface area contributed by atoms with E-state index in [0.717, 1.165) is 16.6 Å². The van der Waals surface area contributed by atoms with Crippen LogP contribution in [0.15, 0.2) is 54.6 Å². The molecule has 0 radical (unpaired) electrons. The summed E-state index contributed by atoms with van der Waals surface area (Å²) in [6, 6.07) is 16.9. The molecule has 1 amide bonds. The van der Waals surface area contributed by atoms with Crippen LogP contribution < -0.4 is 20.1 Å². The van der Waals surface area contributed by atoms with Gasteiger partial charge in [-0.1, -0.05) is 25.1 Å². The largest absolute Gasteiger partial charge is 0.493 e. The van der Waals surface area contributed by atoms with Crippen molar-refractivity contribution >= 4 is 35.9 Å². The maximum Gasteiger partial charge on any atom is 0.350 e. The lowest BCUT2D eigenvalue weighted by Crippen LogP contribution is -2.37. The number of carbonyl (C=O) groups excluding carboxylic acids is 1. The lowest BCUT2D eigenvalue weighted by molar-refractivity contribution is -0.123. The smallest absolute Gasteiger partial charge is 0.350 e. The van der Waals surface area contributed by atoms with Crippen LogP contribution in [0.5, 0.6) is 11.5 Å². The van der Waals surface area contributed by atoms with Gasteiger partial charge in [-0.15, -0.1) is 0 Å². The Hall–Kier alpha value is -3.13. The van der Waals surface area contributed by atoms with E-state index in [4.69, 9.17) is 14.0 Å². The Kier molecular flexibility index (Phi) is 8.27. The highest BCUT2D eigenvalue weighted by Crippen LogP contribution is 2.47. The molecule has 0 aliphatic heterocycles. The molecule has 33 heavy (non-hydrogen) atoms. The van der Waals surface area contributed by atoms with Gasteiger partial charge < -0.3 is 29.5 Å². The summed E-state index contributed by atoms with van der Waals surface area (Å²) in [6.07, 6.45) is 0.242. The van der Waals surface area contributed by atoms with Gasteiger partial charge in [0.15, 0.2) is 18.1 Å². The van der Waals surface area contributed by atoms with E-state index in [2.05, 4.69) is 15.6 Å². The van der Waals surface area contributed by atoms with Gasteiger partial charge in [-0.2, -0.15) is 0 Å². The van der Waals surface area contributed by atoms with Crippen LogP contribution in [0.25, 0.3) is 10.9 Å². The number of ether oxygens (including phenoxy) is 2. The highest BCUT2D eigenvalue weighted by Gasteiger charge is 2.32. The standard InChI is InChI=1S/C23H28N3O6P/c1-4-23(33(28,29)32-5-2)26-22(27)15-31-19-12-11-17(14-20(19)30-3)24-21-13-10-16-8-6-7-9-18(16)25-21/h6-14,23H,4-5,15H2,1-3H3,(H,24,25)(H,26,27)(H,28,29). The first kappa shape index (κ1) is 24.5. The Labute approximate surface area is 192 Å². The minimum atomic E-state index is -3.95. The molecule has 0 aliphatic rings. The molecule has 9 nitrogen and oxygen atoms in total. The van der Waals surface area contributed by atoms with Crippen LogP contribution in [0.3, 0.4) is 0 Å². The number of hydrogen-bond donors (Lipinski definition) is 3. The molecule has 3 N–H and O–H groups in total. The number of para-hydroxylation sites is 1. The molecule has 0 saturated heterocycles. The summed E-state index contributed by atoms with van der Waals surface area (Å²) >= 11 is 0. The molecule has 0 bridgehead atoms. The van der Waals surface area contributed by atoms with E-state index in [9.17, 15) is 14.3 Å². The molecule has 1 aromatic heterocycles. The predicted octanol–water partition coefficient (Wildman–Crippen LogP) is 4.44. The minimum Gasteiger partial charge on any atom is -0.493 e. The maximum absolute atomic E-state index is 12.3. The summed E-state index contributed by atoms with van der Waals surface area (Å²) in [6.45, 7) is 3.02. The zero-order valence-corrected chi connectivity index (χ0v) is 19.7. The van der Waals surface area contributed by atoms with Crippen molar-refractivity contribution in [2.75, 3.05) is 25.6 Å². The van der Waals surface area contributed by atoms with Crippen molar-refractivity contribution < 1.29 is 28.3 Å². The molecule has 2 atom stereocenters. The molecule has 176 valence electrons. The van der Waals surface area contributed by atoms with Crippen LogP contribution in [-0.2, 0) is 13.9 Å². The third-order valence-electron chi connectivity index (χ3n) is 4.82. The molecule has 1 heterocycles. The summed E-state index contributed by atoms with van der Waals surface area (Å²) in [7, 11) is -2.45. The summed E-state index contributed by atoms with van der Waals surface area (Å²) in [5, 5.41) is 6.77. The molecular formula is C23H28N3O6P. The van der Waals surface area contributed by atoms with Crippen LogP contribution in [0.4, 0.5) is 11.5 Å². The number of hydrogen-bond acceptors (Lipinski definition) is 7. The first-order valence-electron chi connectivity index (χ1n) is 10.6. The van der Waals surface area contributed by atoms with Crippen molar-refractivity contribution in [1.29, 1.82) is 0 Å². The summed E-state index contributed by atoms with van der Waals surface area (Å²) < 4.78 is 28.0. The molecule has 3 aromatic rings. The van der Waals surface area contributed by atoms with E-state index >= 15 is 0 Å². The number of methoxy groups -OCH3 is 1. The summed E-state index contributed by atoms with van der Waals surface area (Å²) in [5.74, 6) is -0.0912. The Morgan fingerprint density at radius 3 is 2.64 bits per heavy atom. The van der Waals surface area contributed by atoms with Crippen molar-refractivity contribution in [3.8, 4) is 11.5 Å². The van der Waals surface area contributed by atoms with E-state index in [-0.39, 0.29) is 19.6 Å². The van der Waals surface area contributed by atoms with Crippen molar-refractivity contribution in [3.05, 3.63) is 54.6 Å². The normalized spacial score (nSPS) is 13.7. The van der Waals surface area contributed by atoms with Gasteiger partial charge >= 0.3 is 7.60 Å². The van der Waals surface area contributed by atoms with Gasteiger partial charge in [0.1, 0.15) is 11.6 Å². The average Bonchev–Trinajstić information content (AvgIpc) is 2.81. The Morgan fingerprint density at radius 2 is 1.91 bits per heavy atom. The predicted molar refractivity (Wildman–Crippen MR) is 127 cm³/mol. The lowest BCUT2D eigenvalue weighted by atomic mass is 10.2. The molecule has 0 spiro atoms. The topological polar surface area (TPSA) is 119 Å². The highest BCUT2D eigenvalue weighted by molar-refractivity contribution is 7.53. The zero-order chi connectivity index (χ0) is 23.8. The molecular weight excluding hydrogens is 445 g/mol. The minimum absolute atomic E-state index is 0.0724. The molecule has 0 aliphatic carbocycles. The molecule has 0 saturated carbocycles. The summed E-state index contributed by atoms with van der Waals surface area (Å²) in [4.78, 5) is 26.8. The van der Waals surface area contributed by atoms with E-state index in [1.807, 2.05) is 36.4 Å². The number of pyridine rings is 1. The van der Waals surface area contributed by atoms with Crippen LogP contribution in [-0.4, -0.2) is 41.9 Å². The van der Waals surface area contributed by atoms with Gasteiger partial charge in [-0.3, -0.25) is 9.36 Å².